The molecule has 1 fully saturated rings. The number of rotatable bonds is 2. The van der Waals surface area contributed by atoms with Gasteiger partial charge in [0.2, 0.25) is 0 Å². The fourth-order valence-corrected chi connectivity index (χ4v) is 3.31. The second-order valence-corrected chi connectivity index (χ2v) is 6.07. The van der Waals surface area contributed by atoms with E-state index >= 15 is 0 Å². The van der Waals surface area contributed by atoms with Crippen molar-refractivity contribution in [3.8, 4) is 11.5 Å². The Morgan fingerprint density at radius 3 is 3.06 bits per heavy atom. The smallest absolute Gasteiger partial charge is 0.260 e. The van der Waals surface area contributed by atoms with Crippen molar-refractivity contribution < 1.29 is 4.52 Å². The summed E-state index contributed by atoms with van der Waals surface area (Å²) in [6, 6.07) is 1.93. The molecule has 2 atom stereocenters. The molecule has 0 aliphatic heterocycles. The van der Waals surface area contributed by atoms with Crippen LogP contribution < -0.4 is 5.73 Å². The third-order valence-electron chi connectivity index (χ3n) is 3.67. The number of nitrogens with zero attached hydrogens (tertiary/aromatic N) is 2. The van der Waals surface area contributed by atoms with Crippen LogP contribution in [0, 0.1) is 5.92 Å². The monoisotopic (exact) mass is 263 g/mol. The number of aromatic nitrogens is 2. The van der Waals surface area contributed by atoms with Gasteiger partial charge in [0.05, 0.1) is 10.6 Å². The number of anilines is 1. The molecule has 1 aliphatic carbocycles. The Labute approximate surface area is 110 Å². The van der Waals surface area contributed by atoms with E-state index in [4.69, 9.17) is 10.3 Å². The van der Waals surface area contributed by atoms with Crippen LogP contribution in [0.4, 0.5) is 5.00 Å². The molecule has 2 heterocycles. The van der Waals surface area contributed by atoms with Gasteiger partial charge in [0.25, 0.3) is 5.89 Å². The summed E-state index contributed by atoms with van der Waals surface area (Å²) in [6.45, 7) is 2.30. The van der Waals surface area contributed by atoms with Gasteiger partial charge >= 0.3 is 0 Å². The summed E-state index contributed by atoms with van der Waals surface area (Å²) in [4.78, 5) is 4.52. The highest BCUT2D eigenvalue weighted by molar-refractivity contribution is 7.14. The maximum absolute atomic E-state index is 5.87. The van der Waals surface area contributed by atoms with Gasteiger partial charge in [-0.15, -0.1) is 11.3 Å². The minimum atomic E-state index is 0.450. The molecule has 2 unspecified atom stereocenters. The summed E-state index contributed by atoms with van der Waals surface area (Å²) in [7, 11) is 0. The molecule has 0 amide bonds. The summed E-state index contributed by atoms with van der Waals surface area (Å²) in [5, 5.41) is 6.81. The van der Waals surface area contributed by atoms with E-state index in [-0.39, 0.29) is 0 Å². The van der Waals surface area contributed by atoms with Crippen molar-refractivity contribution in [1.82, 2.24) is 10.1 Å². The molecule has 96 valence electrons. The standard InChI is InChI=1S/C13H17N3OS/c1-8-3-2-4-9(7-8)12-15-13(17-16-12)10-5-6-18-11(10)14/h5-6,8-9H,2-4,7,14H2,1H3. The third kappa shape index (κ3) is 2.14. The summed E-state index contributed by atoms with van der Waals surface area (Å²) < 4.78 is 5.34. The molecule has 0 spiro atoms. The van der Waals surface area contributed by atoms with Crippen LogP contribution in [0.5, 0.6) is 0 Å². The van der Waals surface area contributed by atoms with E-state index in [1.54, 1.807) is 0 Å². The minimum Gasteiger partial charge on any atom is -0.390 e. The first-order valence-corrected chi connectivity index (χ1v) is 7.29. The average molecular weight is 263 g/mol. The van der Waals surface area contributed by atoms with Gasteiger partial charge < -0.3 is 10.3 Å². The lowest BCUT2D eigenvalue weighted by Crippen LogP contribution is -2.12. The molecule has 0 radical (unpaired) electrons. The number of hydrogen-bond donors (Lipinski definition) is 1. The fraction of sp³-hybridized carbons (Fsp3) is 0.538. The van der Waals surface area contributed by atoms with E-state index in [0.29, 0.717) is 11.8 Å². The van der Waals surface area contributed by atoms with E-state index in [1.165, 1.54) is 30.6 Å². The van der Waals surface area contributed by atoms with Crippen LogP contribution in [0.1, 0.15) is 44.3 Å². The number of hydrogen-bond acceptors (Lipinski definition) is 5. The van der Waals surface area contributed by atoms with Crippen molar-refractivity contribution >= 4 is 16.3 Å². The molecule has 1 aliphatic rings. The molecule has 2 aromatic heterocycles. The van der Waals surface area contributed by atoms with Crippen molar-refractivity contribution in [2.45, 2.75) is 38.5 Å². The first-order valence-electron chi connectivity index (χ1n) is 6.41. The van der Waals surface area contributed by atoms with Crippen LogP contribution in [0.3, 0.4) is 0 Å². The van der Waals surface area contributed by atoms with Crippen LogP contribution in [0.2, 0.25) is 0 Å². The molecular weight excluding hydrogens is 246 g/mol. The van der Waals surface area contributed by atoms with Gasteiger partial charge in [0.1, 0.15) is 0 Å². The highest BCUT2D eigenvalue weighted by atomic mass is 32.1. The van der Waals surface area contributed by atoms with E-state index in [2.05, 4.69) is 17.1 Å². The molecule has 3 rings (SSSR count). The van der Waals surface area contributed by atoms with Crippen LogP contribution >= 0.6 is 11.3 Å². The predicted molar refractivity (Wildman–Crippen MR) is 72.4 cm³/mol. The summed E-state index contributed by atoms with van der Waals surface area (Å²) in [5.41, 5.74) is 6.74. The maximum Gasteiger partial charge on any atom is 0.260 e. The normalized spacial score (nSPS) is 24.3. The van der Waals surface area contributed by atoms with Crippen molar-refractivity contribution in [2.75, 3.05) is 5.73 Å². The van der Waals surface area contributed by atoms with Crippen LogP contribution in [-0.4, -0.2) is 10.1 Å². The van der Waals surface area contributed by atoms with Gasteiger partial charge in [-0.25, -0.2) is 0 Å². The van der Waals surface area contributed by atoms with Crippen LogP contribution in [0.25, 0.3) is 11.5 Å². The zero-order chi connectivity index (χ0) is 12.5. The number of thiophene rings is 1. The van der Waals surface area contributed by atoms with Gasteiger partial charge in [0.15, 0.2) is 5.82 Å². The molecule has 0 saturated heterocycles. The molecule has 1 saturated carbocycles. The molecule has 4 nitrogen and oxygen atoms in total. The molecule has 5 heteroatoms. The van der Waals surface area contributed by atoms with E-state index in [1.807, 2.05) is 11.4 Å². The molecule has 2 N–H and O–H groups in total. The van der Waals surface area contributed by atoms with Gasteiger partial charge in [-0.2, -0.15) is 4.98 Å². The highest BCUT2D eigenvalue weighted by Gasteiger charge is 2.25. The van der Waals surface area contributed by atoms with Crippen molar-refractivity contribution in [3.63, 3.8) is 0 Å². The quantitative estimate of drug-likeness (QED) is 0.897. The van der Waals surface area contributed by atoms with Gasteiger partial charge in [-0.1, -0.05) is 24.9 Å². The second-order valence-electron chi connectivity index (χ2n) is 5.12. The Bertz CT molecular complexity index is 534. The lowest BCUT2D eigenvalue weighted by Gasteiger charge is -2.23. The largest absolute Gasteiger partial charge is 0.390 e. The summed E-state index contributed by atoms with van der Waals surface area (Å²) in [5.74, 6) is 2.62. The van der Waals surface area contributed by atoms with Gasteiger partial charge in [0, 0.05) is 5.92 Å². The second kappa shape index (κ2) is 4.72. The topological polar surface area (TPSA) is 64.9 Å². The van der Waals surface area contributed by atoms with Crippen molar-refractivity contribution in [1.29, 1.82) is 0 Å². The van der Waals surface area contributed by atoms with E-state index < -0.39 is 0 Å². The Kier molecular flexibility index (Phi) is 3.07. The maximum atomic E-state index is 5.87. The van der Waals surface area contributed by atoms with Gasteiger partial charge in [-0.05, 0) is 30.2 Å². The highest BCUT2D eigenvalue weighted by Crippen LogP contribution is 2.36. The summed E-state index contributed by atoms with van der Waals surface area (Å²) in [6.07, 6.45) is 4.91. The Balaban J connectivity index is 1.83. The van der Waals surface area contributed by atoms with Gasteiger partial charge in [-0.3, -0.25) is 0 Å². The lowest BCUT2D eigenvalue weighted by atomic mass is 9.82. The molecular formula is C13H17N3OS. The van der Waals surface area contributed by atoms with Crippen molar-refractivity contribution in [3.05, 3.63) is 17.3 Å². The minimum absolute atomic E-state index is 0.450. The van der Waals surface area contributed by atoms with Crippen molar-refractivity contribution in [2.24, 2.45) is 5.92 Å². The lowest BCUT2D eigenvalue weighted by molar-refractivity contribution is 0.324. The SMILES string of the molecule is CC1CCCC(c2noc(-c3ccsc3N)n2)C1. The van der Waals surface area contributed by atoms with Crippen LogP contribution in [0.15, 0.2) is 16.0 Å². The zero-order valence-electron chi connectivity index (χ0n) is 10.4. The molecule has 0 aromatic carbocycles. The predicted octanol–water partition coefficient (Wildman–Crippen LogP) is 3.67. The Morgan fingerprint density at radius 1 is 1.44 bits per heavy atom. The third-order valence-corrected chi connectivity index (χ3v) is 4.41. The summed E-state index contributed by atoms with van der Waals surface area (Å²) >= 11 is 1.49. The Hall–Kier alpha value is -1.36. The van der Waals surface area contributed by atoms with E-state index in [9.17, 15) is 0 Å². The zero-order valence-corrected chi connectivity index (χ0v) is 11.2. The first-order chi connectivity index (χ1) is 8.74. The number of nitrogens with two attached hydrogens (primary N) is 1. The number of nitrogen functional groups attached to an aromatic ring is 1. The Morgan fingerprint density at radius 2 is 2.33 bits per heavy atom. The van der Waals surface area contributed by atoms with Crippen LogP contribution in [-0.2, 0) is 0 Å². The first kappa shape index (κ1) is 11.7. The molecule has 2 aromatic rings. The van der Waals surface area contributed by atoms with E-state index in [0.717, 1.165) is 28.7 Å². The molecule has 18 heavy (non-hydrogen) atoms. The molecule has 0 bridgehead atoms. The fourth-order valence-electron chi connectivity index (χ4n) is 2.68. The average Bonchev–Trinajstić information content (AvgIpc) is 2.97.